The molecule has 40 heavy (non-hydrogen) atoms. The van der Waals surface area contributed by atoms with E-state index in [0.717, 1.165) is 12.5 Å². The van der Waals surface area contributed by atoms with Crippen LogP contribution in [0.25, 0.3) is 0 Å². The van der Waals surface area contributed by atoms with Gasteiger partial charge >= 0.3 is 5.97 Å². The third-order valence-corrected chi connectivity index (χ3v) is 6.25. The second kappa shape index (κ2) is 20.1. The van der Waals surface area contributed by atoms with E-state index in [-0.39, 0.29) is 25.8 Å². The summed E-state index contributed by atoms with van der Waals surface area (Å²) in [4.78, 5) is 13.8. The zero-order valence-electron chi connectivity index (χ0n) is 23.8. The Bertz CT molecular complexity index is 999. The van der Waals surface area contributed by atoms with Gasteiger partial charge in [-0.05, 0) is 26.0 Å². The normalized spacial score (nSPS) is 15.9. The quantitative estimate of drug-likeness (QED) is 0.0876. The molecule has 0 spiro atoms. The van der Waals surface area contributed by atoms with Crippen molar-refractivity contribution in [2.75, 3.05) is 98.7 Å². The lowest BCUT2D eigenvalue weighted by Gasteiger charge is -2.25. The summed E-state index contributed by atoms with van der Waals surface area (Å²) in [5.41, 5.74) is 0.387. The Kier molecular flexibility index (Phi) is 18.3. The molecule has 0 aliphatic carbocycles. The van der Waals surface area contributed by atoms with Crippen LogP contribution in [0.3, 0.4) is 0 Å². The molecule has 1 atom stereocenters. The number of esters is 1. The maximum Gasteiger partial charge on any atom is 0.305 e. The van der Waals surface area contributed by atoms with Gasteiger partial charge in [0.05, 0.1) is 64.8 Å². The van der Waals surface area contributed by atoms with E-state index in [1.165, 1.54) is 0 Å². The van der Waals surface area contributed by atoms with E-state index in [4.69, 9.17) is 32.1 Å². The minimum atomic E-state index is -3.69. The summed E-state index contributed by atoms with van der Waals surface area (Å²) in [6.07, 6.45) is 6.00. The highest BCUT2D eigenvalue weighted by Crippen LogP contribution is 2.14. The van der Waals surface area contributed by atoms with Crippen LogP contribution in [0.15, 0.2) is 23.6 Å². The Labute approximate surface area is 238 Å². The van der Waals surface area contributed by atoms with Crippen molar-refractivity contribution in [3.8, 4) is 0 Å². The molecule has 1 aliphatic rings. The number of carbonyl (C=O) groups is 1. The Morgan fingerprint density at radius 3 is 2.23 bits per heavy atom. The average molecular weight is 617 g/mol. The summed E-state index contributed by atoms with van der Waals surface area (Å²) in [6.45, 7) is 5.97. The second-order valence-electron chi connectivity index (χ2n) is 8.76. The lowest BCUT2D eigenvalue weighted by atomic mass is 10.1. The van der Waals surface area contributed by atoms with Crippen molar-refractivity contribution in [3.05, 3.63) is 23.6 Å². The van der Waals surface area contributed by atoms with Crippen LogP contribution in [0.2, 0.25) is 0 Å². The molecular weight excluding hydrogens is 572 g/mol. The first-order valence-electron chi connectivity index (χ1n) is 12.9. The number of ether oxygens (including phenoxy) is 5. The predicted molar refractivity (Wildman–Crippen MR) is 146 cm³/mol. The molecule has 0 saturated carbocycles. The van der Waals surface area contributed by atoms with Gasteiger partial charge in [0.25, 0.3) is 20.2 Å². The van der Waals surface area contributed by atoms with Crippen LogP contribution >= 0.6 is 0 Å². The van der Waals surface area contributed by atoms with Crippen LogP contribution in [-0.2, 0) is 57.1 Å². The van der Waals surface area contributed by atoms with Gasteiger partial charge in [-0.3, -0.25) is 18.1 Å². The largest absolute Gasteiger partial charge is 0.492 e. The number of nitrogens with one attached hydrogen (secondary N) is 1. The number of rotatable bonds is 24. The van der Waals surface area contributed by atoms with Crippen molar-refractivity contribution < 1.29 is 53.7 Å². The van der Waals surface area contributed by atoms with E-state index in [9.17, 15) is 21.6 Å². The van der Waals surface area contributed by atoms with Gasteiger partial charge in [-0.25, -0.2) is 0 Å². The van der Waals surface area contributed by atoms with E-state index in [1.807, 2.05) is 0 Å². The van der Waals surface area contributed by atoms with Gasteiger partial charge in [0.2, 0.25) is 0 Å². The number of hydrogen-bond donors (Lipinski definition) is 1. The van der Waals surface area contributed by atoms with Crippen LogP contribution in [0, 0.1) is 0 Å². The van der Waals surface area contributed by atoms with Crippen molar-refractivity contribution in [2.24, 2.45) is 0 Å². The summed E-state index contributed by atoms with van der Waals surface area (Å²) >= 11 is 0. The molecule has 0 aromatic carbocycles. The molecule has 0 amide bonds. The van der Waals surface area contributed by atoms with E-state index in [0.29, 0.717) is 83.6 Å². The van der Waals surface area contributed by atoms with Crippen LogP contribution in [0.5, 0.6) is 0 Å². The van der Waals surface area contributed by atoms with Gasteiger partial charge in [-0.2, -0.15) is 16.8 Å². The third kappa shape index (κ3) is 20.1. The zero-order valence-corrected chi connectivity index (χ0v) is 25.4. The third-order valence-electron chi connectivity index (χ3n) is 5.14. The molecule has 0 bridgehead atoms. The molecule has 234 valence electrons. The molecule has 0 aromatic heterocycles. The number of hydrogen-bond acceptors (Lipinski definition) is 14. The van der Waals surface area contributed by atoms with E-state index >= 15 is 0 Å². The smallest absolute Gasteiger partial charge is 0.305 e. The highest BCUT2D eigenvalue weighted by Gasteiger charge is 2.19. The van der Waals surface area contributed by atoms with Gasteiger partial charge in [0.15, 0.2) is 0 Å². The van der Waals surface area contributed by atoms with Crippen molar-refractivity contribution in [1.82, 2.24) is 10.2 Å². The van der Waals surface area contributed by atoms with Crippen LogP contribution in [-0.4, -0.2) is 132 Å². The molecule has 0 fully saturated rings. The van der Waals surface area contributed by atoms with E-state index in [1.54, 1.807) is 26.2 Å². The summed E-state index contributed by atoms with van der Waals surface area (Å²) in [6, 6.07) is -0.590. The molecule has 1 heterocycles. The SMILES string of the molecule is CCOC(=O)CCCN(CCOCCOCCOC)CCOC1=CC(COS(C)(=O)=O)NC(COS(C)(=O)=O)=C1. The van der Waals surface area contributed by atoms with Gasteiger partial charge < -0.3 is 29.0 Å². The summed E-state index contributed by atoms with van der Waals surface area (Å²) < 4.78 is 82.2. The van der Waals surface area contributed by atoms with Crippen LogP contribution in [0.4, 0.5) is 0 Å². The van der Waals surface area contributed by atoms with Gasteiger partial charge in [-0.15, -0.1) is 0 Å². The van der Waals surface area contributed by atoms with Crippen LogP contribution < -0.4 is 5.32 Å². The minimum absolute atomic E-state index is 0.214. The Morgan fingerprint density at radius 2 is 1.57 bits per heavy atom. The molecule has 1 aliphatic heterocycles. The first-order chi connectivity index (χ1) is 18.9. The second-order valence-corrected chi connectivity index (χ2v) is 12.0. The average Bonchev–Trinajstić information content (AvgIpc) is 2.87. The Hall–Kier alpha value is -1.79. The molecule has 14 nitrogen and oxygen atoms in total. The molecule has 1 unspecified atom stereocenters. The zero-order chi connectivity index (χ0) is 29.9. The maximum atomic E-state index is 11.7. The van der Waals surface area contributed by atoms with Gasteiger partial charge in [0.1, 0.15) is 19.0 Å². The first-order valence-corrected chi connectivity index (χ1v) is 16.6. The monoisotopic (exact) mass is 616 g/mol. The molecule has 0 radical (unpaired) electrons. The fraction of sp³-hybridized carbons (Fsp3) is 0.792. The number of allylic oxidation sites excluding steroid dienone is 1. The maximum absolute atomic E-state index is 11.7. The molecule has 0 saturated heterocycles. The number of carbonyl (C=O) groups excluding carboxylic acids is 1. The summed E-state index contributed by atoms with van der Waals surface area (Å²) in [7, 11) is -5.77. The standard InChI is InChI=1S/C24H44N2O12S2/c1-5-35-24(27)7-6-8-26(9-11-33-15-16-34-14-13-32-2)10-12-36-23-17-21(19-37-39(3,28)29)25-22(18-23)20-38-40(4,30)31/h17-18,21,25H,5-16,19-20H2,1-4H3. The minimum Gasteiger partial charge on any atom is -0.492 e. The first kappa shape index (κ1) is 36.2. The van der Waals surface area contributed by atoms with E-state index in [2.05, 4.69) is 10.2 Å². The van der Waals surface area contributed by atoms with Crippen molar-refractivity contribution in [2.45, 2.75) is 25.8 Å². The van der Waals surface area contributed by atoms with Crippen LogP contribution in [0.1, 0.15) is 19.8 Å². The number of nitrogens with zero attached hydrogens (tertiary/aromatic N) is 1. The number of dihydropyridines is 1. The van der Waals surface area contributed by atoms with Crippen molar-refractivity contribution >= 4 is 26.2 Å². The van der Waals surface area contributed by atoms with Crippen molar-refractivity contribution in [3.63, 3.8) is 0 Å². The number of methoxy groups -OCH3 is 1. The summed E-state index contributed by atoms with van der Waals surface area (Å²) in [5.74, 6) is 0.156. The highest BCUT2D eigenvalue weighted by molar-refractivity contribution is 7.86. The fourth-order valence-electron chi connectivity index (χ4n) is 3.34. The fourth-order valence-corrected chi connectivity index (χ4v) is 4.07. The van der Waals surface area contributed by atoms with Gasteiger partial charge in [-0.1, -0.05) is 0 Å². The van der Waals surface area contributed by atoms with E-state index < -0.39 is 26.3 Å². The summed E-state index contributed by atoms with van der Waals surface area (Å²) in [5, 5.41) is 2.97. The Morgan fingerprint density at radius 1 is 0.925 bits per heavy atom. The molecule has 1 N–H and O–H groups in total. The predicted octanol–water partition coefficient (Wildman–Crippen LogP) is 0.0199. The lowest BCUT2D eigenvalue weighted by Crippen LogP contribution is -2.37. The molecule has 0 aromatic rings. The van der Waals surface area contributed by atoms with Crippen molar-refractivity contribution in [1.29, 1.82) is 0 Å². The molecular formula is C24H44N2O12S2. The molecule has 1 rings (SSSR count). The lowest BCUT2D eigenvalue weighted by molar-refractivity contribution is -0.143. The van der Waals surface area contributed by atoms with Gasteiger partial charge in [0, 0.05) is 38.4 Å². The topological polar surface area (TPSA) is 165 Å². The Balaban J connectivity index is 2.68. The molecule has 16 heteroatoms. The highest BCUT2D eigenvalue weighted by atomic mass is 32.2.